The van der Waals surface area contributed by atoms with E-state index in [2.05, 4.69) is 34.9 Å². The molecular weight excluding hydrogens is 437 g/mol. The minimum absolute atomic E-state index is 0.0790. The molecule has 0 saturated carbocycles. The van der Waals surface area contributed by atoms with E-state index in [1.54, 1.807) is 12.1 Å². The summed E-state index contributed by atoms with van der Waals surface area (Å²) in [5, 5.41) is 1.10. The van der Waals surface area contributed by atoms with E-state index in [1.165, 1.54) is 17.7 Å². The number of aryl methyl sites for hydroxylation is 1. The minimum atomic E-state index is -0.261. The molecule has 0 radical (unpaired) electrons. The summed E-state index contributed by atoms with van der Waals surface area (Å²) in [4.78, 5) is 28.9. The van der Waals surface area contributed by atoms with Gasteiger partial charge in [-0.15, -0.1) is 0 Å². The van der Waals surface area contributed by atoms with Crippen molar-refractivity contribution in [1.82, 2.24) is 19.8 Å². The van der Waals surface area contributed by atoms with E-state index in [-0.39, 0.29) is 11.7 Å². The van der Waals surface area contributed by atoms with E-state index < -0.39 is 0 Å². The Morgan fingerprint density at radius 3 is 2.52 bits per heavy atom. The van der Waals surface area contributed by atoms with Crippen LogP contribution < -0.4 is 4.90 Å². The molecule has 2 aliphatic rings. The van der Waals surface area contributed by atoms with Crippen LogP contribution in [0.2, 0.25) is 0 Å². The molecule has 2 saturated heterocycles. The van der Waals surface area contributed by atoms with Crippen LogP contribution in [0.1, 0.15) is 17.0 Å². The number of benzene rings is 2. The summed E-state index contributed by atoms with van der Waals surface area (Å²) >= 11 is 1.98. The molecule has 2 aromatic carbocycles. The molecule has 0 unspecified atom stereocenters. The number of anilines is 1. The van der Waals surface area contributed by atoms with Crippen molar-refractivity contribution in [2.24, 2.45) is 0 Å². The second-order valence-electron chi connectivity index (χ2n) is 8.74. The fourth-order valence-electron chi connectivity index (χ4n) is 4.43. The predicted molar refractivity (Wildman–Crippen MR) is 131 cm³/mol. The van der Waals surface area contributed by atoms with Crippen LogP contribution in [0.4, 0.5) is 10.2 Å². The van der Waals surface area contributed by atoms with Crippen molar-refractivity contribution in [3.8, 4) is 0 Å². The Morgan fingerprint density at radius 2 is 1.76 bits per heavy atom. The number of fused-ring (bicyclic) bond motifs is 1. The highest BCUT2D eigenvalue weighted by Crippen LogP contribution is 2.27. The van der Waals surface area contributed by atoms with Crippen LogP contribution in [0, 0.1) is 12.7 Å². The number of rotatable bonds is 5. The molecule has 6 nitrogen and oxygen atoms in total. The van der Waals surface area contributed by atoms with Crippen molar-refractivity contribution in [3.63, 3.8) is 0 Å². The summed E-state index contributed by atoms with van der Waals surface area (Å²) in [7, 11) is 0. The van der Waals surface area contributed by atoms with Gasteiger partial charge in [0.15, 0.2) is 0 Å². The number of carbonyl (C=O) groups excluding carboxylic acids is 1. The molecule has 1 aromatic heterocycles. The first-order valence-electron chi connectivity index (χ1n) is 11.4. The van der Waals surface area contributed by atoms with Gasteiger partial charge in [-0.25, -0.2) is 14.4 Å². The van der Waals surface area contributed by atoms with Crippen LogP contribution in [0.25, 0.3) is 10.9 Å². The number of piperazine rings is 1. The van der Waals surface area contributed by atoms with Crippen molar-refractivity contribution >= 4 is 34.4 Å². The van der Waals surface area contributed by atoms with Crippen LogP contribution in [0.5, 0.6) is 0 Å². The maximum absolute atomic E-state index is 13.2. The van der Waals surface area contributed by atoms with E-state index in [1.807, 2.05) is 16.7 Å². The molecule has 172 valence electrons. The van der Waals surface area contributed by atoms with Gasteiger partial charge in [0, 0.05) is 49.6 Å². The first-order chi connectivity index (χ1) is 16.0. The van der Waals surface area contributed by atoms with Crippen molar-refractivity contribution in [2.45, 2.75) is 20.0 Å². The summed E-state index contributed by atoms with van der Waals surface area (Å²) in [6, 6.07) is 12.7. The lowest BCUT2D eigenvalue weighted by atomic mass is 10.1. The van der Waals surface area contributed by atoms with Crippen molar-refractivity contribution in [1.29, 1.82) is 0 Å². The highest BCUT2D eigenvalue weighted by atomic mass is 32.2. The van der Waals surface area contributed by atoms with E-state index in [4.69, 9.17) is 9.97 Å². The SMILES string of the molecule is Cc1ccc2nc(CN3CCN(Cc4ccc(F)cc4)C(=O)C3)nc(N3CCSCC3)c2c1. The quantitative estimate of drug-likeness (QED) is 0.575. The largest absolute Gasteiger partial charge is 0.354 e. The first-order valence-corrected chi connectivity index (χ1v) is 12.6. The van der Waals surface area contributed by atoms with E-state index >= 15 is 0 Å². The zero-order valence-electron chi connectivity index (χ0n) is 18.8. The van der Waals surface area contributed by atoms with Crippen LogP contribution >= 0.6 is 11.8 Å². The second kappa shape index (κ2) is 9.65. The minimum Gasteiger partial charge on any atom is -0.354 e. The van der Waals surface area contributed by atoms with Gasteiger partial charge in [-0.05, 0) is 36.8 Å². The van der Waals surface area contributed by atoms with Gasteiger partial charge < -0.3 is 9.80 Å². The number of hydrogen-bond donors (Lipinski definition) is 0. The van der Waals surface area contributed by atoms with Crippen LogP contribution in [-0.2, 0) is 17.9 Å². The molecule has 1 amide bonds. The molecule has 5 rings (SSSR count). The third-order valence-electron chi connectivity index (χ3n) is 6.24. The third kappa shape index (κ3) is 5.12. The lowest BCUT2D eigenvalue weighted by Gasteiger charge is -2.34. The average Bonchev–Trinajstić information content (AvgIpc) is 2.82. The van der Waals surface area contributed by atoms with Gasteiger partial charge in [0.25, 0.3) is 0 Å². The number of carbonyl (C=O) groups is 1. The normalized spacial score (nSPS) is 17.7. The molecule has 0 aliphatic carbocycles. The molecule has 0 bridgehead atoms. The van der Waals surface area contributed by atoms with E-state index in [9.17, 15) is 9.18 Å². The standard InChI is InChI=1S/C25H28FN5OS/c1-18-2-7-22-21(14-18)25(30-10-12-33-13-11-30)28-23(27-22)16-29-8-9-31(24(32)17-29)15-19-3-5-20(26)6-4-19/h2-7,14H,8-13,15-17H2,1H3. The lowest BCUT2D eigenvalue weighted by molar-refractivity contribution is -0.136. The number of hydrogen-bond acceptors (Lipinski definition) is 6. The molecule has 2 aliphatic heterocycles. The number of halogens is 1. The molecule has 0 spiro atoms. The molecule has 8 heteroatoms. The third-order valence-corrected chi connectivity index (χ3v) is 7.18. The molecular formula is C25H28FN5OS. The highest BCUT2D eigenvalue weighted by Gasteiger charge is 2.25. The fraction of sp³-hybridized carbons (Fsp3) is 0.400. The average molecular weight is 466 g/mol. The Kier molecular flexibility index (Phi) is 6.46. The van der Waals surface area contributed by atoms with Crippen molar-refractivity contribution < 1.29 is 9.18 Å². The Labute approximate surface area is 197 Å². The topological polar surface area (TPSA) is 52.6 Å². The first kappa shape index (κ1) is 22.1. The molecule has 3 aromatic rings. The second-order valence-corrected chi connectivity index (χ2v) is 9.96. The summed E-state index contributed by atoms with van der Waals surface area (Å²) in [5.74, 6) is 3.81. The summed E-state index contributed by atoms with van der Waals surface area (Å²) in [5.41, 5.74) is 3.10. The maximum Gasteiger partial charge on any atom is 0.237 e. The van der Waals surface area contributed by atoms with Crippen LogP contribution in [0.3, 0.4) is 0 Å². The summed E-state index contributed by atoms with van der Waals surface area (Å²) < 4.78 is 13.2. The highest BCUT2D eigenvalue weighted by molar-refractivity contribution is 7.99. The van der Waals surface area contributed by atoms with Crippen LogP contribution in [0.15, 0.2) is 42.5 Å². The number of amides is 1. The lowest BCUT2D eigenvalue weighted by Crippen LogP contribution is -2.49. The Bertz CT molecular complexity index is 1150. The van der Waals surface area contributed by atoms with Crippen molar-refractivity contribution in [2.75, 3.05) is 49.1 Å². The fourth-order valence-corrected chi connectivity index (χ4v) is 5.33. The van der Waals surface area contributed by atoms with Crippen molar-refractivity contribution in [3.05, 3.63) is 65.2 Å². The maximum atomic E-state index is 13.2. The van der Waals surface area contributed by atoms with Gasteiger partial charge in [-0.3, -0.25) is 9.69 Å². The molecule has 2 fully saturated rings. The van der Waals surface area contributed by atoms with Gasteiger partial charge in [0.2, 0.25) is 5.91 Å². The zero-order valence-corrected chi connectivity index (χ0v) is 19.7. The zero-order chi connectivity index (χ0) is 22.8. The molecule has 3 heterocycles. The molecule has 33 heavy (non-hydrogen) atoms. The monoisotopic (exact) mass is 465 g/mol. The summed E-state index contributed by atoms with van der Waals surface area (Å²) in [6.07, 6.45) is 0. The van der Waals surface area contributed by atoms with Gasteiger partial charge in [0.05, 0.1) is 18.6 Å². The number of thioether (sulfide) groups is 1. The van der Waals surface area contributed by atoms with Gasteiger partial charge in [-0.1, -0.05) is 23.8 Å². The number of nitrogens with zero attached hydrogens (tertiary/aromatic N) is 5. The van der Waals surface area contributed by atoms with Crippen LogP contribution in [-0.4, -0.2) is 69.9 Å². The molecule has 0 N–H and O–H groups in total. The van der Waals surface area contributed by atoms with E-state index in [0.29, 0.717) is 26.2 Å². The number of aromatic nitrogens is 2. The predicted octanol–water partition coefficient (Wildman–Crippen LogP) is 3.47. The van der Waals surface area contributed by atoms with Gasteiger partial charge in [-0.2, -0.15) is 11.8 Å². The van der Waals surface area contributed by atoms with Gasteiger partial charge in [0.1, 0.15) is 17.5 Å². The summed E-state index contributed by atoms with van der Waals surface area (Å²) in [6.45, 7) is 6.88. The Balaban J connectivity index is 1.31. The van der Waals surface area contributed by atoms with Gasteiger partial charge >= 0.3 is 0 Å². The Hall–Kier alpha value is -2.71. The smallest absolute Gasteiger partial charge is 0.237 e. The van der Waals surface area contributed by atoms with E-state index in [0.717, 1.165) is 59.2 Å². The molecule has 0 atom stereocenters. The Morgan fingerprint density at radius 1 is 0.970 bits per heavy atom.